The van der Waals surface area contributed by atoms with E-state index in [-0.39, 0.29) is 11.9 Å². The summed E-state index contributed by atoms with van der Waals surface area (Å²) >= 11 is 1.22. The number of hydrogen-bond donors (Lipinski definition) is 1. The highest BCUT2D eigenvalue weighted by molar-refractivity contribution is 7.07. The van der Waals surface area contributed by atoms with Crippen LogP contribution in [-0.2, 0) is 6.42 Å². The van der Waals surface area contributed by atoms with Crippen LogP contribution in [0.15, 0.2) is 42.5 Å². The lowest BCUT2D eigenvalue weighted by Gasteiger charge is -2.17. The van der Waals surface area contributed by atoms with Gasteiger partial charge in [-0.3, -0.25) is 4.79 Å². The largest absolute Gasteiger partial charge is 0.430 e. The van der Waals surface area contributed by atoms with E-state index in [9.17, 15) is 4.79 Å². The fourth-order valence-electron chi connectivity index (χ4n) is 2.64. The lowest BCUT2D eigenvalue weighted by atomic mass is 10.1. The van der Waals surface area contributed by atoms with Crippen LogP contribution in [-0.4, -0.2) is 21.3 Å². The van der Waals surface area contributed by atoms with Crippen molar-refractivity contribution in [3.05, 3.63) is 70.5 Å². The molecule has 1 amide bonds. The summed E-state index contributed by atoms with van der Waals surface area (Å²) in [6.07, 6.45) is 0.661. The van der Waals surface area contributed by atoms with Gasteiger partial charge in [-0.1, -0.05) is 49.7 Å². The highest BCUT2D eigenvalue weighted by Crippen LogP contribution is 2.28. The quantitative estimate of drug-likeness (QED) is 0.574. The van der Waals surface area contributed by atoms with Crippen LogP contribution in [0.2, 0.25) is 0 Å². The van der Waals surface area contributed by atoms with Crippen molar-refractivity contribution in [2.45, 2.75) is 47.1 Å². The minimum absolute atomic E-state index is 0.0978. The molecule has 2 aromatic carbocycles. The van der Waals surface area contributed by atoms with Crippen molar-refractivity contribution in [3.8, 4) is 10.9 Å². The number of ether oxygens (including phenoxy) is 1. The van der Waals surface area contributed by atoms with Crippen molar-refractivity contribution in [2.24, 2.45) is 5.92 Å². The Balaban J connectivity index is 1.70. The summed E-state index contributed by atoms with van der Waals surface area (Å²) in [6, 6.07) is 13.9. The van der Waals surface area contributed by atoms with Gasteiger partial charge in [0, 0.05) is 29.6 Å². The van der Waals surface area contributed by atoms with Crippen molar-refractivity contribution in [2.75, 3.05) is 0 Å². The monoisotopic (exact) mass is 409 g/mol. The topological polar surface area (TPSA) is 64.1 Å². The van der Waals surface area contributed by atoms with Gasteiger partial charge in [0.1, 0.15) is 5.75 Å². The van der Waals surface area contributed by atoms with E-state index in [2.05, 4.69) is 59.7 Å². The summed E-state index contributed by atoms with van der Waals surface area (Å²) in [4.78, 5) is 17.0. The second-order valence-electron chi connectivity index (χ2n) is 7.73. The number of rotatable bonds is 7. The molecule has 6 heteroatoms. The molecule has 0 spiro atoms. The van der Waals surface area contributed by atoms with Gasteiger partial charge in [-0.25, -0.2) is 0 Å². The lowest BCUT2D eigenvalue weighted by Crippen LogP contribution is -2.36. The number of hydrogen-bond acceptors (Lipinski definition) is 5. The van der Waals surface area contributed by atoms with Crippen LogP contribution in [0, 0.1) is 19.8 Å². The predicted molar refractivity (Wildman–Crippen MR) is 117 cm³/mol. The molecular formula is C23H27N3O2S. The second kappa shape index (κ2) is 9.18. The first-order valence-electron chi connectivity index (χ1n) is 9.79. The van der Waals surface area contributed by atoms with Crippen molar-refractivity contribution in [3.63, 3.8) is 0 Å². The average Bonchev–Trinajstić information content (AvgIpc) is 3.12. The number of nitrogens with one attached hydrogen (secondary N) is 1. The van der Waals surface area contributed by atoms with E-state index < -0.39 is 0 Å². The first-order chi connectivity index (χ1) is 13.8. The number of carbonyl (C=O) groups excluding carboxylic acids is 1. The Hall–Kier alpha value is -2.73. The Kier molecular flexibility index (Phi) is 6.64. The van der Waals surface area contributed by atoms with Crippen molar-refractivity contribution in [1.82, 2.24) is 14.7 Å². The van der Waals surface area contributed by atoms with Crippen molar-refractivity contribution < 1.29 is 9.53 Å². The van der Waals surface area contributed by atoms with Crippen LogP contribution in [0.3, 0.4) is 0 Å². The maximum absolute atomic E-state index is 12.5. The molecule has 1 unspecified atom stereocenters. The third-order valence-electron chi connectivity index (χ3n) is 4.94. The Labute approximate surface area is 176 Å². The van der Waals surface area contributed by atoms with Gasteiger partial charge in [-0.05, 0) is 49.9 Å². The Morgan fingerprint density at radius 3 is 2.52 bits per heavy atom. The van der Waals surface area contributed by atoms with Crippen LogP contribution >= 0.6 is 11.5 Å². The summed E-state index contributed by atoms with van der Waals surface area (Å²) < 4.78 is 10.4. The number of aromatic nitrogens is 2. The highest BCUT2D eigenvalue weighted by Gasteiger charge is 2.15. The minimum Gasteiger partial charge on any atom is -0.430 e. The predicted octanol–water partition coefficient (Wildman–Crippen LogP) is 5.31. The molecule has 1 atom stereocenters. The maximum atomic E-state index is 12.5. The van der Waals surface area contributed by atoms with E-state index in [4.69, 9.17) is 4.74 Å². The smallest absolute Gasteiger partial charge is 0.298 e. The number of benzene rings is 2. The molecule has 0 saturated carbocycles. The summed E-state index contributed by atoms with van der Waals surface area (Å²) in [5.41, 5.74) is 3.90. The molecule has 1 aromatic heterocycles. The summed E-state index contributed by atoms with van der Waals surface area (Å²) in [7, 11) is 0. The van der Waals surface area contributed by atoms with E-state index in [0.29, 0.717) is 28.8 Å². The number of carbonyl (C=O) groups is 1. The Morgan fingerprint density at radius 1 is 1.10 bits per heavy atom. The zero-order valence-corrected chi connectivity index (χ0v) is 18.3. The first kappa shape index (κ1) is 21.0. The normalized spacial score (nSPS) is 12.1. The molecule has 1 heterocycles. The fraction of sp³-hybridized carbons (Fsp3) is 0.348. The molecule has 0 fully saturated rings. The van der Waals surface area contributed by atoms with Gasteiger partial charge in [0.25, 0.3) is 11.1 Å². The molecule has 0 aliphatic carbocycles. The Morgan fingerprint density at radius 2 is 1.83 bits per heavy atom. The van der Waals surface area contributed by atoms with Crippen LogP contribution in [0.5, 0.6) is 10.9 Å². The molecule has 0 bridgehead atoms. The zero-order valence-electron chi connectivity index (χ0n) is 17.5. The van der Waals surface area contributed by atoms with Gasteiger partial charge >= 0.3 is 0 Å². The number of nitrogens with zero attached hydrogens (tertiary/aromatic N) is 2. The number of amides is 1. The van der Waals surface area contributed by atoms with Gasteiger partial charge < -0.3 is 10.1 Å². The summed E-state index contributed by atoms with van der Waals surface area (Å²) in [5, 5.41) is 3.50. The fourth-order valence-corrected chi connectivity index (χ4v) is 3.20. The lowest BCUT2D eigenvalue weighted by molar-refractivity contribution is 0.0930. The van der Waals surface area contributed by atoms with Gasteiger partial charge in [0.15, 0.2) is 5.82 Å². The molecule has 29 heavy (non-hydrogen) atoms. The van der Waals surface area contributed by atoms with E-state index in [1.165, 1.54) is 17.1 Å². The molecule has 0 aliphatic heterocycles. The Bertz CT molecular complexity index is 980. The van der Waals surface area contributed by atoms with Gasteiger partial charge in [-0.2, -0.15) is 9.36 Å². The molecule has 152 valence electrons. The van der Waals surface area contributed by atoms with Crippen molar-refractivity contribution in [1.29, 1.82) is 0 Å². The molecule has 5 nitrogen and oxygen atoms in total. The standard InChI is InChI=1S/C23H27N3O2S/c1-14(2)17(5)24-22(27)19-11-8-16(4)20(13-19)28-23-25-21(26-29-23)12-18-9-6-15(3)7-10-18/h6-11,13-14,17H,12H2,1-5H3,(H,24,27). The molecule has 0 aliphatic rings. The third-order valence-corrected chi connectivity index (χ3v) is 5.57. The van der Waals surface area contributed by atoms with Crippen molar-refractivity contribution >= 4 is 17.4 Å². The molecular weight excluding hydrogens is 382 g/mol. The SMILES string of the molecule is Cc1ccc(Cc2nsc(Oc3cc(C(=O)NC(C)C(C)C)ccc3C)n2)cc1. The molecule has 0 saturated heterocycles. The van der Waals surface area contributed by atoms with Crippen LogP contribution in [0.1, 0.15) is 53.6 Å². The molecule has 1 N–H and O–H groups in total. The van der Waals surface area contributed by atoms with Crippen LogP contribution < -0.4 is 10.1 Å². The van der Waals surface area contributed by atoms with Crippen LogP contribution in [0.25, 0.3) is 0 Å². The van der Waals surface area contributed by atoms with Gasteiger partial charge in [0.05, 0.1) is 0 Å². The van der Waals surface area contributed by atoms with Gasteiger partial charge in [0.2, 0.25) is 0 Å². The van der Waals surface area contributed by atoms with E-state index >= 15 is 0 Å². The average molecular weight is 410 g/mol. The molecule has 3 rings (SSSR count). The van der Waals surface area contributed by atoms with Crippen LogP contribution in [0.4, 0.5) is 0 Å². The first-order valence-corrected chi connectivity index (χ1v) is 10.6. The molecule has 3 aromatic rings. The summed E-state index contributed by atoms with van der Waals surface area (Å²) in [5.74, 6) is 1.61. The van der Waals surface area contributed by atoms with E-state index in [1.807, 2.05) is 26.0 Å². The minimum atomic E-state index is -0.103. The highest BCUT2D eigenvalue weighted by atomic mass is 32.1. The second-order valence-corrected chi connectivity index (χ2v) is 8.44. The van der Waals surface area contributed by atoms with Gasteiger partial charge in [-0.15, -0.1) is 0 Å². The third kappa shape index (κ3) is 5.64. The maximum Gasteiger partial charge on any atom is 0.298 e. The molecule has 0 radical (unpaired) electrons. The van der Waals surface area contributed by atoms with E-state index in [0.717, 1.165) is 17.0 Å². The summed E-state index contributed by atoms with van der Waals surface area (Å²) in [6.45, 7) is 10.2. The number of aryl methyl sites for hydroxylation is 2. The zero-order chi connectivity index (χ0) is 21.0. The van der Waals surface area contributed by atoms with E-state index in [1.54, 1.807) is 6.07 Å².